The lowest BCUT2D eigenvalue weighted by Crippen LogP contribution is -2.30. The largest absolute Gasteiger partial charge is 0.308 e. The summed E-state index contributed by atoms with van der Waals surface area (Å²) < 4.78 is 0. The summed E-state index contributed by atoms with van der Waals surface area (Å²) >= 11 is 1.78. The minimum atomic E-state index is 0.711. The van der Waals surface area contributed by atoms with Crippen LogP contribution < -0.4 is 5.32 Å². The molecule has 1 heterocycles. The molecule has 1 aromatic carbocycles. The first-order valence-corrected chi connectivity index (χ1v) is 8.49. The van der Waals surface area contributed by atoms with E-state index >= 15 is 0 Å². The number of hydrogen-bond acceptors (Lipinski definition) is 3. The molecule has 2 nitrogen and oxygen atoms in total. The molecule has 0 bridgehead atoms. The first kappa shape index (κ1) is 13.8. The van der Waals surface area contributed by atoms with Crippen LogP contribution in [0.15, 0.2) is 35.7 Å². The Morgan fingerprint density at radius 1 is 1.10 bits per heavy atom. The number of benzene rings is 1. The summed E-state index contributed by atoms with van der Waals surface area (Å²) in [4.78, 5) is 4.75. The number of rotatable bonds is 5. The molecule has 1 fully saturated rings. The second-order valence-corrected chi connectivity index (χ2v) is 6.55. The average Bonchev–Trinajstić information content (AvgIpc) is 2.95. The maximum Gasteiger partial charge on any atom is 0.0972 e. The SMILES string of the molecule is c1ccc(Cc2nc(CNC3CCCCC3)cs2)cc1. The maximum absolute atomic E-state index is 4.75. The molecule has 0 spiro atoms. The van der Waals surface area contributed by atoms with Gasteiger partial charge in [0.15, 0.2) is 0 Å². The van der Waals surface area contributed by atoms with Crippen molar-refractivity contribution in [3.05, 3.63) is 52.0 Å². The molecule has 1 aliphatic carbocycles. The predicted octanol–water partition coefficient (Wildman–Crippen LogP) is 4.16. The van der Waals surface area contributed by atoms with E-state index in [2.05, 4.69) is 41.0 Å². The van der Waals surface area contributed by atoms with Gasteiger partial charge in [0.1, 0.15) is 0 Å². The highest BCUT2D eigenvalue weighted by Crippen LogP contribution is 2.19. The van der Waals surface area contributed by atoms with Crippen LogP contribution in [-0.2, 0) is 13.0 Å². The summed E-state index contributed by atoms with van der Waals surface area (Å²) in [6, 6.07) is 11.3. The Morgan fingerprint density at radius 3 is 2.70 bits per heavy atom. The monoisotopic (exact) mass is 286 g/mol. The van der Waals surface area contributed by atoms with Crippen LogP contribution in [0.4, 0.5) is 0 Å². The number of nitrogens with zero attached hydrogens (tertiary/aromatic N) is 1. The summed E-state index contributed by atoms with van der Waals surface area (Å²) in [5.41, 5.74) is 2.54. The van der Waals surface area contributed by atoms with Gasteiger partial charge in [-0.2, -0.15) is 0 Å². The number of hydrogen-bond donors (Lipinski definition) is 1. The van der Waals surface area contributed by atoms with Crippen LogP contribution in [0.25, 0.3) is 0 Å². The quantitative estimate of drug-likeness (QED) is 0.893. The topological polar surface area (TPSA) is 24.9 Å². The molecule has 1 N–H and O–H groups in total. The zero-order valence-electron chi connectivity index (χ0n) is 11.8. The molecule has 0 atom stereocenters. The molecule has 1 aliphatic rings. The third kappa shape index (κ3) is 3.90. The third-order valence-corrected chi connectivity index (χ3v) is 4.87. The van der Waals surface area contributed by atoms with E-state index < -0.39 is 0 Å². The maximum atomic E-state index is 4.75. The van der Waals surface area contributed by atoms with Gasteiger partial charge in [0.25, 0.3) is 0 Å². The highest BCUT2D eigenvalue weighted by molar-refractivity contribution is 7.09. The van der Waals surface area contributed by atoms with E-state index in [1.165, 1.54) is 48.4 Å². The lowest BCUT2D eigenvalue weighted by atomic mass is 9.95. The molecule has 3 rings (SSSR count). The van der Waals surface area contributed by atoms with Crippen molar-refractivity contribution in [3.63, 3.8) is 0 Å². The first-order valence-electron chi connectivity index (χ1n) is 7.61. The van der Waals surface area contributed by atoms with Crippen LogP contribution in [0, 0.1) is 0 Å². The molecule has 0 aliphatic heterocycles. The van der Waals surface area contributed by atoms with Crippen molar-refractivity contribution < 1.29 is 0 Å². The van der Waals surface area contributed by atoms with Crippen molar-refractivity contribution in [1.29, 1.82) is 0 Å². The Morgan fingerprint density at radius 2 is 1.90 bits per heavy atom. The van der Waals surface area contributed by atoms with Gasteiger partial charge in [-0.3, -0.25) is 0 Å². The fourth-order valence-electron chi connectivity index (χ4n) is 2.84. The molecule has 3 heteroatoms. The second-order valence-electron chi connectivity index (χ2n) is 5.61. The molecule has 0 radical (unpaired) electrons. The molecule has 106 valence electrons. The Hall–Kier alpha value is -1.19. The lowest BCUT2D eigenvalue weighted by molar-refractivity contribution is 0.371. The Bertz CT molecular complexity index is 515. The second kappa shape index (κ2) is 7.00. The van der Waals surface area contributed by atoms with Crippen LogP contribution >= 0.6 is 11.3 Å². The fourth-order valence-corrected chi connectivity index (χ4v) is 3.67. The van der Waals surface area contributed by atoms with Crippen LogP contribution in [0.3, 0.4) is 0 Å². The van der Waals surface area contributed by atoms with Crippen molar-refractivity contribution in [1.82, 2.24) is 10.3 Å². The van der Waals surface area contributed by atoms with Gasteiger partial charge in [0.2, 0.25) is 0 Å². The third-order valence-electron chi connectivity index (χ3n) is 3.97. The zero-order chi connectivity index (χ0) is 13.6. The predicted molar refractivity (Wildman–Crippen MR) is 85.1 cm³/mol. The lowest BCUT2D eigenvalue weighted by Gasteiger charge is -2.22. The van der Waals surface area contributed by atoms with E-state index in [0.717, 1.165) is 13.0 Å². The Kier molecular flexibility index (Phi) is 4.82. The molecule has 20 heavy (non-hydrogen) atoms. The van der Waals surface area contributed by atoms with Crippen LogP contribution in [0.2, 0.25) is 0 Å². The zero-order valence-corrected chi connectivity index (χ0v) is 12.7. The average molecular weight is 286 g/mol. The van der Waals surface area contributed by atoms with E-state index in [-0.39, 0.29) is 0 Å². The molecular formula is C17H22N2S. The van der Waals surface area contributed by atoms with Crippen LogP contribution in [0.5, 0.6) is 0 Å². The highest BCUT2D eigenvalue weighted by atomic mass is 32.1. The normalized spacial score (nSPS) is 16.4. The Labute approximate surface area is 125 Å². The molecule has 1 saturated carbocycles. The molecule has 0 unspecified atom stereocenters. The molecule has 0 saturated heterocycles. The summed E-state index contributed by atoms with van der Waals surface area (Å²) in [7, 11) is 0. The van der Waals surface area contributed by atoms with Gasteiger partial charge in [-0.1, -0.05) is 49.6 Å². The summed E-state index contributed by atoms with van der Waals surface area (Å²) in [5.74, 6) is 0. The molecule has 2 aromatic rings. The number of aromatic nitrogens is 1. The minimum absolute atomic E-state index is 0.711. The van der Waals surface area contributed by atoms with Gasteiger partial charge >= 0.3 is 0 Å². The fraction of sp³-hybridized carbons (Fsp3) is 0.471. The first-order chi connectivity index (χ1) is 9.90. The molecular weight excluding hydrogens is 264 g/mol. The van der Waals surface area contributed by atoms with Crippen molar-refractivity contribution in [2.45, 2.75) is 51.1 Å². The van der Waals surface area contributed by atoms with E-state index in [0.29, 0.717) is 6.04 Å². The Balaban J connectivity index is 1.51. The number of thiazole rings is 1. The van der Waals surface area contributed by atoms with E-state index in [1.807, 2.05) is 0 Å². The van der Waals surface area contributed by atoms with Gasteiger partial charge in [-0.25, -0.2) is 4.98 Å². The molecule has 1 aromatic heterocycles. The van der Waals surface area contributed by atoms with Gasteiger partial charge in [-0.05, 0) is 18.4 Å². The van der Waals surface area contributed by atoms with Crippen molar-refractivity contribution >= 4 is 11.3 Å². The van der Waals surface area contributed by atoms with E-state index in [4.69, 9.17) is 4.98 Å². The van der Waals surface area contributed by atoms with Gasteiger partial charge in [0, 0.05) is 24.4 Å². The summed E-state index contributed by atoms with van der Waals surface area (Å²) in [5, 5.41) is 7.08. The van der Waals surface area contributed by atoms with Gasteiger partial charge in [0.05, 0.1) is 10.7 Å². The van der Waals surface area contributed by atoms with Crippen molar-refractivity contribution in [2.75, 3.05) is 0 Å². The smallest absolute Gasteiger partial charge is 0.0972 e. The summed E-state index contributed by atoms with van der Waals surface area (Å²) in [6.07, 6.45) is 7.80. The summed E-state index contributed by atoms with van der Waals surface area (Å²) in [6.45, 7) is 0.927. The van der Waals surface area contributed by atoms with Gasteiger partial charge < -0.3 is 5.32 Å². The minimum Gasteiger partial charge on any atom is -0.308 e. The van der Waals surface area contributed by atoms with E-state index in [1.54, 1.807) is 11.3 Å². The van der Waals surface area contributed by atoms with Crippen molar-refractivity contribution in [3.8, 4) is 0 Å². The van der Waals surface area contributed by atoms with E-state index in [9.17, 15) is 0 Å². The van der Waals surface area contributed by atoms with Gasteiger partial charge in [-0.15, -0.1) is 11.3 Å². The van der Waals surface area contributed by atoms with Crippen molar-refractivity contribution in [2.24, 2.45) is 0 Å². The highest BCUT2D eigenvalue weighted by Gasteiger charge is 2.13. The van der Waals surface area contributed by atoms with Crippen LogP contribution in [-0.4, -0.2) is 11.0 Å². The molecule has 0 amide bonds. The standard InChI is InChI=1S/C17H22N2S/c1-3-7-14(8-4-1)11-17-19-16(13-20-17)12-18-15-9-5-2-6-10-15/h1,3-4,7-8,13,15,18H,2,5-6,9-12H2. The van der Waals surface area contributed by atoms with Crippen LogP contribution in [0.1, 0.15) is 48.4 Å². The number of nitrogens with one attached hydrogen (secondary N) is 1.